The fourth-order valence-electron chi connectivity index (χ4n) is 0.925. The number of hydrogen-bond donors (Lipinski definition) is 3. The molecule has 1 aromatic carbocycles. The van der Waals surface area contributed by atoms with Crippen LogP contribution in [0.15, 0.2) is 18.2 Å². The molecule has 0 bridgehead atoms. The molecule has 0 atom stereocenters. The first-order chi connectivity index (χ1) is 8.02. The van der Waals surface area contributed by atoms with Gasteiger partial charge in [0.1, 0.15) is 0 Å². The van der Waals surface area contributed by atoms with Gasteiger partial charge in [-0.15, -0.1) is 0 Å². The predicted octanol–water partition coefficient (Wildman–Crippen LogP) is 3.04. The van der Waals surface area contributed by atoms with Crippen molar-refractivity contribution >= 4 is 67.2 Å². The molecule has 0 aliphatic heterocycles. The number of hydrogen-bond acceptors (Lipinski definition) is 3. The van der Waals surface area contributed by atoms with E-state index in [1.807, 2.05) is 0 Å². The first kappa shape index (κ1) is 17.9. The second-order valence-corrected chi connectivity index (χ2v) is 28.3. The van der Waals surface area contributed by atoms with Crippen molar-refractivity contribution in [3.05, 3.63) is 29.3 Å². The van der Waals surface area contributed by atoms with Crippen LogP contribution in [0.2, 0.25) is 0 Å². The quantitative estimate of drug-likeness (QED) is 0.484. The van der Waals surface area contributed by atoms with E-state index >= 15 is 0 Å². The molecule has 0 unspecified atom stereocenters. The van der Waals surface area contributed by atoms with Crippen LogP contribution >= 0.6 is 35.7 Å². The Bertz CT molecular complexity index is 457. The fourth-order valence-corrected chi connectivity index (χ4v) is 0.925. The van der Waals surface area contributed by atoms with Gasteiger partial charge in [0.25, 0.3) is 0 Å². The number of halogens is 4. The van der Waals surface area contributed by atoms with Crippen LogP contribution in [-0.4, -0.2) is 36.0 Å². The first-order valence-corrected chi connectivity index (χ1v) is 18.6. The zero-order valence-corrected chi connectivity index (χ0v) is 14.4. The molecule has 0 radical (unpaired) electrons. The van der Waals surface area contributed by atoms with Crippen LogP contribution in [0.25, 0.3) is 0 Å². The predicted molar refractivity (Wildman–Crippen MR) is 73.9 cm³/mol. The average Bonchev–Trinajstić information content (AvgIpc) is 2.14. The zero-order valence-electron chi connectivity index (χ0n) is 8.53. The monoisotopic (exact) mass is 441 g/mol. The van der Waals surface area contributed by atoms with Gasteiger partial charge in [0.05, 0.1) is 11.1 Å². The van der Waals surface area contributed by atoms with Crippen LogP contribution in [0.1, 0.15) is 20.7 Å². The van der Waals surface area contributed by atoms with E-state index in [9.17, 15) is 9.59 Å². The van der Waals surface area contributed by atoms with E-state index in [0.29, 0.717) is 0 Å². The minimum atomic E-state index is -3.29. The summed E-state index contributed by atoms with van der Waals surface area (Å²) >= 11 is -3.29. The topological polar surface area (TPSA) is 101 Å². The van der Waals surface area contributed by atoms with Crippen LogP contribution in [0.5, 0.6) is 0 Å². The van der Waals surface area contributed by atoms with Crippen molar-refractivity contribution < 1.29 is 19.8 Å². The van der Waals surface area contributed by atoms with E-state index < -0.39 is 25.8 Å². The van der Waals surface area contributed by atoms with Crippen molar-refractivity contribution in [2.24, 2.45) is 0 Å². The number of anilines is 1. The average molecular weight is 442 g/mol. The molecule has 10 heteroatoms. The minimum absolute atomic E-state index is 0.224. The molecule has 0 aliphatic carbocycles. The van der Waals surface area contributed by atoms with Gasteiger partial charge in [-0.1, -0.05) is 0 Å². The van der Waals surface area contributed by atoms with Crippen molar-refractivity contribution in [1.29, 1.82) is 0 Å². The Morgan fingerprint density at radius 3 is 1.72 bits per heavy atom. The molecule has 0 aromatic heterocycles. The van der Waals surface area contributed by atoms with Gasteiger partial charge in [0.15, 0.2) is 0 Å². The fraction of sp³-hybridized carbons (Fsp3) is 0. The van der Waals surface area contributed by atoms with Crippen molar-refractivity contribution in [1.82, 2.24) is 0 Å². The third kappa shape index (κ3) is 8.10. The number of nitrogen functional groups attached to an aromatic ring is 1. The molecule has 100 valence electrons. The summed E-state index contributed by atoms with van der Waals surface area (Å²) in [6.45, 7) is 0. The van der Waals surface area contributed by atoms with E-state index in [-0.39, 0.29) is 16.8 Å². The summed E-state index contributed by atoms with van der Waals surface area (Å²) in [5.41, 5.74) is 4.97. The number of benzene rings is 1. The Morgan fingerprint density at radius 1 is 1.00 bits per heavy atom. The Labute approximate surface area is 121 Å². The Morgan fingerprint density at radius 2 is 1.39 bits per heavy atom. The number of carbonyl (C=O) groups is 2. The van der Waals surface area contributed by atoms with Crippen LogP contribution in [0.4, 0.5) is 5.69 Å². The summed E-state index contributed by atoms with van der Waals surface area (Å²) in [7, 11) is 20.1. The Hall–Kier alpha value is -0.0813. The van der Waals surface area contributed by atoms with E-state index in [1.54, 1.807) is 0 Å². The normalized spacial score (nSPS) is 10.2. The second kappa shape index (κ2) is 7.49. The molecule has 0 saturated carbocycles. The van der Waals surface area contributed by atoms with Gasteiger partial charge in [-0.2, -0.15) is 0 Å². The van der Waals surface area contributed by atoms with Crippen LogP contribution < -0.4 is 5.73 Å². The Kier molecular flexibility index (Phi) is 7.46. The second-order valence-electron chi connectivity index (χ2n) is 2.84. The van der Waals surface area contributed by atoms with Gasteiger partial charge in [-0.25, -0.2) is 9.59 Å². The third-order valence-electron chi connectivity index (χ3n) is 1.50. The third-order valence-corrected chi connectivity index (χ3v) is 1.50. The molecular formula is C8H7Cl4NO4Sn. The molecule has 4 N–H and O–H groups in total. The number of carboxylic acids is 2. The summed E-state index contributed by atoms with van der Waals surface area (Å²) in [4.78, 5) is 21.1. The summed E-state index contributed by atoms with van der Waals surface area (Å²) in [6.07, 6.45) is 0. The molecule has 0 amide bonds. The molecule has 5 nitrogen and oxygen atoms in total. The number of nitrogens with two attached hydrogens (primary N) is 1. The molecule has 1 rings (SSSR count). The molecule has 18 heavy (non-hydrogen) atoms. The molecule has 0 aliphatic rings. The summed E-state index contributed by atoms with van der Waals surface area (Å²) < 4.78 is 0. The molecular weight excluding hydrogens is 435 g/mol. The summed E-state index contributed by atoms with van der Waals surface area (Å²) in [5.74, 6) is -2.58. The Balaban J connectivity index is 0.000000494. The van der Waals surface area contributed by atoms with Crippen molar-refractivity contribution in [3.8, 4) is 0 Å². The standard InChI is InChI=1S/C8H7NO4.4ClH.Sn/c9-4-1-2-5(7(10)11)6(3-4)8(12)13;;;;;/h1-3H,9H2,(H,10,11)(H,12,13);4*1H;/q;;;;;+4/p-4. The van der Waals surface area contributed by atoms with Gasteiger partial charge in [0, 0.05) is 5.69 Å². The van der Waals surface area contributed by atoms with E-state index in [0.717, 1.165) is 6.07 Å². The van der Waals surface area contributed by atoms with Crippen LogP contribution in [0, 0.1) is 0 Å². The maximum absolute atomic E-state index is 10.6. The molecule has 0 spiro atoms. The van der Waals surface area contributed by atoms with Gasteiger partial charge in [-0.05, 0) is 18.2 Å². The van der Waals surface area contributed by atoms with E-state index in [1.165, 1.54) is 12.1 Å². The maximum atomic E-state index is 10.6. The van der Waals surface area contributed by atoms with Crippen LogP contribution in [-0.2, 0) is 0 Å². The van der Waals surface area contributed by atoms with Gasteiger partial charge in [0.2, 0.25) is 0 Å². The molecule has 0 heterocycles. The molecule has 0 saturated heterocycles. The molecule has 0 fully saturated rings. The summed E-state index contributed by atoms with van der Waals surface area (Å²) in [6, 6.07) is 3.63. The van der Waals surface area contributed by atoms with Crippen molar-refractivity contribution in [3.63, 3.8) is 0 Å². The number of rotatable bonds is 2. The van der Waals surface area contributed by atoms with Gasteiger partial charge < -0.3 is 15.9 Å². The number of aromatic carboxylic acids is 2. The van der Waals surface area contributed by atoms with E-state index in [4.69, 9.17) is 51.6 Å². The SMILES string of the molecule is Nc1ccc(C(=O)O)c(C(=O)O)c1.[Cl][Sn]([Cl])([Cl])[Cl]. The zero-order chi connectivity index (χ0) is 14.5. The van der Waals surface area contributed by atoms with E-state index in [2.05, 4.69) is 0 Å². The molecule has 1 aromatic rings. The van der Waals surface area contributed by atoms with Crippen LogP contribution in [0.3, 0.4) is 0 Å². The van der Waals surface area contributed by atoms with Gasteiger partial charge >= 0.3 is 61.5 Å². The van der Waals surface area contributed by atoms with Crippen molar-refractivity contribution in [2.45, 2.75) is 0 Å². The van der Waals surface area contributed by atoms with Crippen molar-refractivity contribution in [2.75, 3.05) is 5.73 Å². The van der Waals surface area contributed by atoms with Gasteiger partial charge in [-0.3, -0.25) is 0 Å². The number of carboxylic acid groups (broad SMARTS) is 2. The summed E-state index contributed by atoms with van der Waals surface area (Å²) in [5, 5.41) is 17.2. The first-order valence-electron chi connectivity index (χ1n) is 4.14.